The molecule has 2 aliphatic heterocycles. The number of carbonyl (C=O) groups excluding carboxylic acids is 4. The quantitative estimate of drug-likeness (QED) is 0.197. The number of likely N-dealkylation sites (tertiary alicyclic amines) is 2. The Hall–Kier alpha value is -4.60. The minimum atomic E-state index is -5.01. The van der Waals surface area contributed by atoms with Gasteiger partial charge in [-0.1, -0.05) is 0 Å². The van der Waals surface area contributed by atoms with Crippen molar-refractivity contribution in [2.45, 2.75) is 128 Å². The van der Waals surface area contributed by atoms with Crippen LogP contribution in [-0.2, 0) is 34.3 Å². The summed E-state index contributed by atoms with van der Waals surface area (Å²) in [7, 11) is 0. The summed E-state index contributed by atoms with van der Waals surface area (Å²) in [5.74, 6) is -2.10. The fraction of sp³-hybridized carbons (Fsp3) is 0.636. The lowest BCUT2D eigenvalue weighted by atomic mass is 9.92. The van der Waals surface area contributed by atoms with Gasteiger partial charge in [0.15, 0.2) is 0 Å². The minimum Gasteiger partial charge on any atom is -0.350 e. The summed E-state index contributed by atoms with van der Waals surface area (Å²) in [5.41, 5.74) is -8.56. The number of hydrogen-bond acceptors (Lipinski definition) is 6. The molecule has 2 aliphatic carbocycles. The van der Waals surface area contributed by atoms with Crippen molar-refractivity contribution in [1.82, 2.24) is 31.1 Å². The Kier molecular flexibility index (Phi) is 14.7. The molecule has 0 radical (unpaired) electrons. The first kappa shape index (κ1) is 52.4. The van der Waals surface area contributed by atoms with Gasteiger partial charge in [-0.25, -0.2) is 0 Å². The first-order valence-electron chi connectivity index (χ1n) is 21.2. The lowest BCUT2D eigenvalue weighted by Crippen LogP contribution is -2.48. The average molecular weight is 959 g/mol. The number of rotatable bonds is 8. The van der Waals surface area contributed by atoms with E-state index >= 15 is 0 Å². The van der Waals surface area contributed by atoms with E-state index in [9.17, 15) is 71.9 Å². The van der Waals surface area contributed by atoms with Gasteiger partial charge >= 0.3 is 24.7 Å². The number of hydrogen-bond donors (Lipinski definition) is 4. The number of halogens is 12. The van der Waals surface area contributed by atoms with E-state index in [2.05, 4.69) is 21.3 Å². The molecule has 4 N–H and O–H groups in total. The molecule has 0 bridgehead atoms. The topological polar surface area (TPSA) is 123 Å². The van der Waals surface area contributed by atoms with E-state index in [0.717, 1.165) is 0 Å². The normalized spacial score (nSPS) is 21.1. The average Bonchev–Trinajstić information content (AvgIpc) is 4.04. The van der Waals surface area contributed by atoms with Crippen molar-refractivity contribution in [2.75, 3.05) is 39.3 Å². The molecule has 66 heavy (non-hydrogen) atoms. The van der Waals surface area contributed by atoms with Crippen LogP contribution < -0.4 is 21.3 Å². The van der Waals surface area contributed by atoms with Gasteiger partial charge in [0.25, 0.3) is 11.8 Å². The Morgan fingerprint density at radius 3 is 0.970 bits per heavy atom. The van der Waals surface area contributed by atoms with Gasteiger partial charge in [0.05, 0.1) is 35.3 Å². The molecule has 10 nitrogen and oxygen atoms in total. The van der Waals surface area contributed by atoms with Gasteiger partial charge in [0.2, 0.25) is 11.8 Å². The summed E-state index contributed by atoms with van der Waals surface area (Å²) in [4.78, 5) is 53.2. The third kappa shape index (κ3) is 14.2. The highest BCUT2D eigenvalue weighted by molar-refractivity contribution is 5.96. The van der Waals surface area contributed by atoms with E-state index in [-0.39, 0.29) is 71.0 Å². The summed E-state index contributed by atoms with van der Waals surface area (Å²) in [6.45, 7) is 14.3. The molecule has 6 rings (SSSR count). The van der Waals surface area contributed by atoms with Gasteiger partial charge < -0.3 is 21.3 Å². The van der Waals surface area contributed by atoms with E-state index in [0.29, 0.717) is 89.0 Å². The molecule has 2 aromatic rings. The molecule has 2 saturated heterocycles. The van der Waals surface area contributed by atoms with Crippen LogP contribution in [0.2, 0.25) is 0 Å². The van der Waals surface area contributed by atoms with Crippen molar-refractivity contribution >= 4 is 23.6 Å². The van der Waals surface area contributed by atoms with Crippen LogP contribution in [0.5, 0.6) is 0 Å². The summed E-state index contributed by atoms with van der Waals surface area (Å²) in [5, 5.41) is 11.0. The molecule has 22 heteroatoms. The lowest BCUT2D eigenvalue weighted by Gasteiger charge is -2.33. The second-order valence-corrected chi connectivity index (χ2v) is 19.9. The van der Waals surface area contributed by atoms with Crippen LogP contribution >= 0.6 is 0 Å². The molecule has 2 aromatic carbocycles. The van der Waals surface area contributed by atoms with Gasteiger partial charge in [-0.2, -0.15) is 52.7 Å². The maximum absolute atomic E-state index is 13.0. The van der Waals surface area contributed by atoms with Gasteiger partial charge in [-0.15, -0.1) is 0 Å². The molecule has 2 heterocycles. The highest BCUT2D eigenvalue weighted by Crippen LogP contribution is 2.55. The van der Waals surface area contributed by atoms with E-state index in [1.807, 2.05) is 51.3 Å². The Balaban J connectivity index is 0.000000247. The molecule has 4 amide bonds. The molecule has 2 atom stereocenters. The molecule has 4 aliphatic rings. The molecule has 368 valence electrons. The van der Waals surface area contributed by atoms with E-state index < -0.39 is 69.9 Å². The van der Waals surface area contributed by atoms with Crippen LogP contribution in [0.1, 0.15) is 123 Å². The number of benzene rings is 2. The Bertz CT molecular complexity index is 1910. The summed E-state index contributed by atoms with van der Waals surface area (Å²) >= 11 is 0. The molecule has 2 saturated carbocycles. The largest absolute Gasteiger partial charge is 0.416 e. The molecule has 0 aromatic heterocycles. The van der Waals surface area contributed by atoms with Gasteiger partial charge in [-0.3, -0.25) is 29.0 Å². The van der Waals surface area contributed by atoms with Crippen LogP contribution in [0.3, 0.4) is 0 Å². The Morgan fingerprint density at radius 1 is 0.485 bits per heavy atom. The van der Waals surface area contributed by atoms with Gasteiger partial charge in [0, 0.05) is 34.3 Å². The fourth-order valence-corrected chi connectivity index (χ4v) is 8.50. The predicted octanol–water partition coefficient (Wildman–Crippen LogP) is 8.45. The highest BCUT2D eigenvalue weighted by atomic mass is 19.4. The predicted molar refractivity (Wildman–Crippen MR) is 217 cm³/mol. The summed E-state index contributed by atoms with van der Waals surface area (Å²) < 4.78 is 157. The van der Waals surface area contributed by atoms with Crippen LogP contribution in [0.15, 0.2) is 36.4 Å². The van der Waals surface area contributed by atoms with E-state index in [4.69, 9.17) is 0 Å². The minimum absolute atomic E-state index is 0.000921. The SMILES string of the molecule is CC(C)(C)NC(=O)CN1CCC2(CC1)CC2NC(=O)c1cc(C(F)(F)F)cc(C(F)(F)F)c1.CC(C)(C)NC(=O)CN1CCC2(CC1)C[C@H]2NC(=O)c1cc(C(F)(F)F)cc(C(F)(F)F)c1. The first-order chi connectivity index (χ1) is 30.0. The number of carbonyl (C=O) groups is 4. The van der Waals surface area contributed by atoms with Crippen molar-refractivity contribution < 1.29 is 71.9 Å². The molecular weight excluding hydrogens is 904 g/mol. The lowest BCUT2D eigenvalue weighted by molar-refractivity contribution is -0.144. The van der Waals surface area contributed by atoms with Crippen molar-refractivity contribution in [3.8, 4) is 0 Å². The smallest absolute Gasteiger partial charge is 0.350 e. The fourth-order valence-electron chi connectivity index (χ4n) is 8.50. The Morgan fingerprint density at radius 2 is 0.742 bits per heavy atom. The van der Waals surface area contributed by atoms with Gasteiger partial charge in [-0.05, 0) is 153 Å². The number of nitrogens with zero attached hydrogens (tertiary/aromatic N) is 2. The van der Waals surface area contributed by atoms with Crippen molar-refractivity contribution in [2.24, 2.45) is 10.8 Å². The summed E-state index contributed by atoms with van der Waals surface area (Å²) in [6.07, 6.45) is -16.1. The van der Waals surface area contributed by atoms with Crippen LogP contribution in [0.25, 0.3) is 0 Å². The maximum Gasteiger partial charge on any atom is 0.416 e. The second-order valence-electron chi connectivity index (χ2n) is 19.9. The number of alkyl halides is 12. The third-order valence-corrected chi connectivity index (χ3v) is 12.2. The maximum atomic E-state index is 13.0. The van der Waals surface area contributed by atoms with Crippen molar-refractivity contribution in [3.63, 3.8) is 0 Å². The third-order valence-electron chi connectivity index (χ3n) is 12.2. The Labute approximate surface area is 374 Å². The standard InChI is InChI=1S/2C22H27F6N3O2/c2*1-19(2,3)30-17(32)12-31-6-4-20(5-7-31)11-16(20)29-18(33)13-8-14(21(23,24)25)10-15(9-13)22(26,27)28/h2*8-10,16H,4-7,11-12H2,1-3H3,(H,29,33)(H,30,32)/t16-;/m1./s1. The zero-order valence-electron chi connectivity index (χ0n) is 37.2. The highest BCUT2D eigenvalue weighted by Gasteiger charge is 2.57. The van der Waals surface area contributed by atoms with E-state index in [1.165, 1.54) is 0 Å². The molecule has 1 unspecified atom stereocenters. The second kappa shape index (κ2) is 18.5. The first-order valence-corrected chi connectivity index (χ1v) is 21.2. The molecule has 2 spiro atoms. The zero-order chi connectivity index (χ0) is 49.6. The van der Waals surface area contributed by atoms with Crippen LogP contribution in [0.4, 0.5) is 52.7 Å². The zero-order valence-corrected chi connectivity index (χ0v) is 37.2. The van der Waals surface area contributed by atoms with E-state index in [1.54, 1.807) is 0 Å². The number of piperidine rings is 2. The van der Waals surface area contributed by atoms with Crippen molar-refractivity contribution in [3.05, 3.63) is 69.8 Å². The molecular formula is C44H54F12N6O4. The van der Waals surface area contributed by atoms with Crippen LogP contribution in [0, 0.1) is 10.8 Å². The summed E-state index contributed by atoms with van der Waals surface area (Å²) in [6, 6.07) is 1.12. The number of nitrogens with one attached hydrogen (secondary N) is 4. The van der Waals surface area contributed by atoms with Crippen molar-refractivity contribution in [1.29, 1.82) is 0 Å². The van der Waals surface area contributed by atoms with Crippen LogP contribution in [-0.4, -0.2) is 95.9 Å². The molecule has 4 fully saturated rings. The van der Waals surface area contributed by atoms with Gasteiger partial charge in [0.1, 0.15) is 0 Å². The number of amides is 4. The monoisotopic (exact) mass is 958 g/mol.